The number of benzene rings is 1. The SMILES string of the molecule is CNC(=O)c1cccc(CCc2c(C(=O)O)[nH]c(=O)[nH]c2=O)c1.NCCO. The zero-order valence-electron chi connectivity index (χ0n) is 14.7. The van der Waals surface area contributed by atoms with Crippen molar-refractivity contribution in [2.45, 2.75) is 12.8 Å². The van der Waals surface area contributed by atoms with Gasteiger partial charge >= 0.3 is 11.7 Å². The number of rotatable bonds is 6. The summed E-state index contributed by atoms with van der Waals surface area (Å²) in [5.74, 6) is -1.61. The number of carbonyl (C=O) groups is 2. The molecule has 146 valence electrons. The Morgan fingerprint density at radius 1 is 1.19 bits per heavy atom. The summed E-state index contributed by atoms with van der Waals surface area (Å²) in [6.45, 7) is 0.472. The Morgan fingerprint density at radius 2 is 1.85 bits per heavy atom. The minimum atomic E-state index is -1.37. The summed E-state index contributed by atoms with van der Waals surface area (Å²) < 4.78 is 0. The molecule has 0 atom stereocenters. The molecule has 1 amide bonds. The summed E-state index contributed by atoms with van der Waals surface area (Å²) in [6.07, 6.45) is 0.463. The van der Waals surface area contributed by atoms with E-state index in [9.17, 15) is 19.2 Å². The van der Waals surface area contributed by atoms with Crippen molar-refractivity contribution < 1.29 is 19.8 Å². The molecule has 2 rings (SSSR count). The molecule has 0 aliphatic rings. The fourth-order valence-electron chi connectivity index (χ4n) is 2.22. The van der Waals surface area contributed by atoms with E-state index < -0.39 is 22.9 Å². The molecular formula is C17H22N4O6. The number of aromatic carboxylic acids is 1. The Hall–Kier alpha value is -3.24. The van der Waals surface area contributed by atoms with Gasteiger partial charge in [-0.1, -0.05) is 12.1 Å². The molecule has 0 saturated heterocycles. The zero-order valence-corrected chi connectivity index (χ0v) is 14.7. The van der Waals surface area contributed by atoms with Gasteiger partial charge in [-0.2, -0.15) is 0 Å². The van der Waals surface area contributed by atoms with Crippen molar-refractivity contribution in [3.63, 3.8) is 0 Å². The second kappa shape index (κ2) is 10.7. The van der Waals surface area contributed by atoms with E-state index in [0.29, 0.717) is 18.5 Å². The monoisotopic (exact) mass is 378 g/mol. The predicted molar refractivity (Wildman–Crippen MR) is 98.0 cm³/mol. The van der Waals surface area contributed by atoms with Gasteiger partial charge in [0.05, 0.1) is 6.61 Å². The molecule has 0 aliphatic carbocycles. The number of nitrogens with one attached hydrogen (secondary N) is 3. The molecule has 0 spiro atoms. The Labute approximate surface area is 154 Å². The van der Waals surface area contributed by atoms with Crippen LogP contribution in [0.25, 0.3) is 0 Å². The number of carboxylic acid groups (broad SMARTS) is 1. The maximum atomic E-state index is 11.8. The molecule has 27 heavy (non-hydrogen) atoms. The summed E-state index contributed by atoms with van der Waals surface area (Å²) in [5, 5.41) is 19.3. The molecular weight excluding hydrogens is 356 g/mol. The molecule has 0 aliphatic heterocycles. The van der Waals surface area contributed by atoms with Crippen molar-refractivity contribution in [3.05, 3.63) is 67.5 Å². The number of hydrogen-bond donors (Lipinski definition) is 6. The van der Waals surface area contributed by atoms with Crippen molar-refractivity contribution in [2.24, 2.45) is 5.73 Å². The minimum Gasteiger partial charge on any atom is -0.477 e. The number of aliphatic hydroxyl groups excluding tert-OH is 1. The molecule has 0 saturated carbocycles. The fraction of sp³-hybridized carbons (Fsp3) is 0.294. The van der Waals surface area contributed by atoms with Gasteiger partial charge in [-0.15, -0.1) is 0 Å². The van der Waals surface area contributed by atoms with Gasteiger partial charge in [0.25, 0.3) is 11.5 Å². The molecule has 1 heterocycles. The summed E-state index contributed by atoms with van der Waals surface area (Å²) in [5.41, 5.74) is 4.00. The average Bonchev–Trinajstić information content (AvgIpc) is 2.66. The van der Waals surface area contributed by atoms with Crippen LogP contribution in [0.15, 0.2) is 33.9 Å². The van der Waals surface area contributed by atoms with Gasteiger partial charge in [0.2, 0.25) is 0 Å². The topological polar surface area (TPSA) is 178 Å². The minimum absolute atomic E-state index is 0.0116. The Morgan fingerprint density at radius 3 is 2.41 bits per heavy atom. The Balaban J connectivity index is 0.000000828. The molecule has 7 N–H and O–H groups in total. The Bertz CT molecular complexity index is 901. The summed E-state index contributed by atoms with van der Waals surface area (Å²) >= 11 is 0. The van der Waals surface area contributed by atoms with Crippen LogP contribution in [-0.2, 0) is 12.8 Å². The number of aromatic amines is 2. The van der Waals surface area contributed by atoms with Gasteiger partial charge in [-0.3, -0.25) is 14.6 Å². The second-order valence-electron chi connectivity index (χ2n) is 5.36. The quantitative estimate of drug-likeness (QED) is 0.367. The highest BCUT2D eigenvalue weighted by Gasteiger charge is 2.15. The lowest BCUT2D eigenvalue weighted by molar-refractivity contribution is 0.0688. The zero-order chi connectivity index (χ0) is 20.4. The van der Waals surface area contributed by atoms with Gasteiger partial charge in [-0.05, 0) is 30.5 Å². The molecule has 10 nitrogen and oxygen atoms in total. The third kappa shape index (κ3) is 6.53. The summed E-state index contributed by atoms with van der Waals surface area (Å²) in [4.78, 5) is 49.8. The van der Waals surface area contributed by atoms with Gasteiger partial charge in [-0.25, -0.2) is 9.59 Å². The normalized spacial score (nSPS) is 9.89. The second-order valence-corrected chi connectivity index (χ2v) is 5.36. The van der Waals surface area contributed by atoms with Crippen LogP contribution in [-0.4, -0.2) is 52.3 Å². The molecule has 10 heteroatoms. The van der Waals surface area contributed by atoms with Gasteiger partial charge < -0.3 is 26.2 Å². The number of carbonyl (C=O) groups excluding carboxylic acids is 1. The highest BCUT2D eigenvalue weighted by Crippen LogP contribution is 2.09. The largest absolute Gasteiger partial charge is 0.477 e. The molecule has 1 aromatic carbocycles. The van der Waals surface area contributed by atoms with E-state index in [-0.39, 0.29) is 24.5 Å². The lowest BCUT2D eigenvalue weighted by Gasteiger charge is -2.06. The van der Waals surface area contributed by atoms with Crippen molar-refractivity contribution >= 4 is 11.9 Å². The molecule has 1 aromatic heterocycles. The van der Waals surface area contributed by atoms with Crippen LogP contribution in [0.3, 0.4) is 0 Å². The third-order valence-corrected chi connectivity index (χ3v) is 3.46. The number of hydrogen-bond acceptors (Lipinski definition) is 6. The van der Waals surface area contributed by atoms with Gasteiger partial charge in [0, 0.05) is 24.7 Å². The van der Waals surface area contributed by atoms with Gasteiger partial charge in [0.1, 0.15) is 5.69 Å². The number of aliphatic hydroxyl groups is 1. The van der Waals surface area contributed by atoms with E-state index in [1.54, 1.807) is 24.3 Å². The van der Waals surface area contributed by atoms with E-state index in [1.807, 2.05) is 4.98 Å². The third-order valence-electron chi connectivity index (χ3n) is 3.46. The van der Waals surface area contributed by atoms with Crippen LogP contribution in [0.4, 0.5) is 0 Å². The standard InChI is InChI=1S/C15H15N3O5.C2H7NO/c1-16-12(19)9-4-2-3-8(7-9)5-6-10-11(14(21)22)17-15(23)18-13(10)20;3-1-2-4/h2-4,7H,5-6H2,1H3,(H,16,19)(H,21,22)(H2,17,18,20,23);4H,1-3H2. The van der Waals surface area contributed by atoms with Crippen molar-refractivity contribution in [3.8, 4) is 0 Å². The molecule has 0 radical (unpaired) electrons. The number of amides is 1. The average molecular weight is 378 g/mol. The van der Waals surface area contributed by atoms with E-state index in [4.69, 9.17) is 15.9 Å². The number of H-pyrrole nitrogens is 2. The first-order valence-corrected chi connectivity index (χ1v) is 8.04. The molecule has 0 unspecified atom stereocenters. The highest BCUT2D eigenvalue weighted by molar-refractivity contribution is 5.94. The Kier molecular flexibility index (Phi) is 8.63. The smallest absolute Gasteiger partial charge is 0.352 e. The lowest BCUT2D eigenvalue weighted by Crippen LogP contribution is -2.30. The van der Waals surface area contributed by atoms with E-state index in [0.717, 1.165) is 5.56 Å². The lowest BCUT2D eigenvalue weighted by atomic mass is 10.0. The summed E-state index contributed by atoms with van der Waals surface area (Å²) in [7, 11) is 1.52. The van der Waals surface area contributed by atoms with Crippen LogP contribution in [0.1, 0.15) is 32.0 Å². The maximum absolute atomic E-state index is 11.8. The first-order chi connectivity index (χ1) is 12.8. The molecule has 0 fully saturated rings. The van der Waals surface area contributed by atoms with Crippen LogP contribution >= 0.6 is 0 Å². The van der Waals surface area contributed by atoms with Crippen LogP contribution in [0, 0.1) is 0 Å². The number of nitrogens with two attached hydrogens (primary N) is 1. The molecule has 2 aromatic rings. The van der Waals surface area contributed by atoms with Crippen LogP contribution < -0.4 is 22.3 Å². The van der Waals surface area contributed by atoms with E-state index in [1.165, 1.54) is 7.05 Å². The fourth-order valence-corrected chi connectivity index (χ4v) is 2.22. The first-order valence-electron chi connectivity index (χ1n) is 8.04. The van der Waals surface area contributed by atoms with E-state index >= 15 is 0 Å². The maximum Gasteiger partial charge on any atom is 0.352 e. The first kappa shape index (κ1) is 21.8. The number of aromatic nitrogens is 2. The van der Waals surface area contributed by atoms with Crippen molar-refractivity contribution in [2.75, 3.05) is 20.2 Å². The summed E-state index contributed by atoms with van der Waals surface area (Å²) in [6, 6.07) is 6.79. The predicted octanol–water partition coefficient (Wildman–Crippen LogP) is -1.16. The van der Waals surface area contributed by atoms with Crippen LogP contribution in [0.5, 0.6) is 0 Å². The van der Waals surface area contributed by atoms with Crippen molar-refractivity contribution in [1.82, 2.24) is 15.3 Å². The molecule has 0 bridgehead atoms. The highest BCUT2D eigenvalue weighted by atomic mass is 16.4. The van der Waals surface area contributed by atoms with Crippen molar-refractivity contribution in [1.29, 1.82) is 0 Å². The van der Waals surface area contributed by atoms with E-state index in [2.05, 4.69) is 10.3 Å². The van der Waals surface area contributed by atoms with Gasteiger partial charge in [0.15, 0.2) is 0 Å². The number of carboxylic acids is 1. The number of aryl methyl sites for hydroxylation is 1. The van der Waals surface area contributed by atoms with Crippen LogP contribution in [0.2, 0.25) is 0 Å².